The fourth-order valence-corrected chi connectivity index (χ4v) is 4.57. The molecule has 1 aliphatic rings. The van der Waals surface area contributed by atoms with Crippen molar-refractivity contribution < 1.29 is 36.8 Å². The van der Waals surface area contributed by atoms with E-state index in [1.165, 1.54) is 17.0 Å². The molecule has 2 atom stereocenters. The van der Waals surface area contributed by atoms with Crippen LogP contribution < -0.4 is 4.74 Å². The minimum Gasteiger partial charge on any atom is -0.465 e. The molecule has 0 saturated carbocycles. The van der Waals surface area contributed by atoms with Gasteiger partial charge in [-0.25, -0.2) is 4.79 Å². The molecule has 2 aromatic rings. The van der Waals surface area contributed by atoms with Crippen LogP contribution in [0, 0.1) is 0 Å². The third-order valence-electron chi connectivity index (χ3n) is 5.85. The number of hydrogen-bond acceptors (Lipinski definition) is 6. The highest BCUT2D eigenvalue weighted by Gasteiger charge is 2.45. The number of rotatable bonds is 5. The minimum absolute atomic E-state index is 0.0290. The molecule has 0 bridgehead atoms. The summed E-state index contributed by atoms with van der Waals surface area (Å²) in [6.07, 6.45) is -5.83. The Labute approximate surface area is 184 Å². The third-order valence-corrected chi connectivity index (χ3v) is 10.4. The van der Waals surface area contributed by atoms with Crippen LogP contribution in [-0.4, -0.2) is 53.6 Å². The number of nitrogens with zero attached hydrogens (tertiary/aromatic N) is 3. The van der Waals surface area contributed by atoms with E-state index in [-0.39, 0.29) is 35.2 Å². The predicted molar refractivity (Wildman–Crippen MR) is 111 cm³/mol. The lowest BCUT2D eigenvalue weighted by Crippen LogP contribution is -2.44. The molecule has 1 amide bonds. The van der Waals surface area contributed by atoms with Gasteiger partial charge in [-0.1, -0.05) is 25.9 Å². The third kappa shape index (κ3) is 5.41. The lowest BCUT2D eigenvalue weighted by atomic mass is 10.2. The Balaban J connectivity index is 1.77. The summed E-state index contributed by atoms with van der Waals surface area (Å²) in [7, 11) is -2.11. The lowest BCUT2D eigenvalue weighted by Gasteiger charge is -2.38. The van der Waals surface area contributed by atoms with Crippen molar-refractivity contribution >= 4 is 14.4 Å². The van der Waals surface area contributed by atoms with Crippen LogP contribution in [0.25, 0.3) is 11.4 Å². The normalized spacial score (nSPS) is 19.9. The van der Waals surface area contributed by atoms with Gasteiger partial charge in [-0.05, 0) is 42.4 Å². The number of halogens is 3. The number of benzene rings is 1. The fourth-order valence-electron chi connectivity index (χ4n) is 3.22. The van der Waals surface area contributed by atoms with Gasteiger partial charge in [0, 0.05) is 18.5 Å². The number of alkyl halides is 3. The first-order valence-corrected chi connectivity index (χ1v) is 12.9. The number of amides is 1. The van der Waals surface area contributed by atoms with E-state index in [0.717, 1.165) is 12.1 Å². The van der Waals surface area contributed by atoms with E-state index in [1.54, 1.807) is 0 Å². The summed E-state index contributed by atoms with van der Waals surface area (Å²) in [6.45, 7) is 10.7. The Kier molecular flexibility index (Phi) is 6.31. The van der Waals surface area contributed by atoms with Gasteiger partial charge in [-0.3, -0.25) is 4.90 Å². The summed E-state index contributed by atoms with van der Waals surface area (Å²) in [4.78, 5) is 17.3. The molecule has 176 valence electrons. The number of aromatic nitrogens is 2. The number of hydrogen-bond donors (Lipinski definition) is 1. The Morgan fingerprint density at radius 3 is 2.38 bits per heavy atom. The first kappa shape index (κ1) is 24.0. The molecule has 8 nitrogen and oxygen atoms in total. The highest BCUT2D eigenvalue weighted by atomic mass is 28.4. The monoisotopic (exact) mass is 473 g/mol. The lowest BCUT2D eigenvalue weighted by molar-refractivity contribution is -0.274. The molecule has 1 aliphatic heterocycles. The number of ether oxygens (including phenoxy) is 1. The number of carbonyl (C=O) groups is 1. The van der Waals surface area contributed by atoms with Crippen LogP contribution in [0.2, 0.25) is 18.1 Å². The Hall–Kier alpha value is -2.60. The van der Waals surface area contributed by atoms with Crippen LogP contribution in [0.15, 0.2) is 28.8 Å². The first-order chi connectivity index (χ1) is 14.7. The molecule has 1 aromatic carbocycles. The smallest absolute Gasteiger partial charge is 0.465 e. The Bertz CT molecular complexity index is 957. The van der Waals surface area contributed by atoms with Gasteiger partial charge in [0.25, 0.3) is 0 Å². The molecule has 0 unspecified atom stereocenters. The van der Waals surface area contributed by atoms with Gasteiger partial charge in [-0.2, -0.15) is 4.98 Å². The van der Waals surface area contributed by atoms with Gasteiger partial charge in [0.1, 0.15) is 11.8 Å². The maximum atomic E-state index is 12.3. The molecular formula is C20H26F3N3O5Si. The topological polar surface area (TPSA) is 97.9 Å². The second-order valence-corrected chi connectivity index (χ2v) is 14.0. The Morgan fingerprint density at radius 2 is 1.84 bits per heavy atom. The number of carboxylic acid groups (broad SMARTS) is 1. The molecule has 3 rings (SSSR count). The molecule has 12 heteroatoms. The van der Waals surface area contributed by atoms with Gasteiger partial charge in [0.2, 0.25) is 11.7 Å². The second kappa shape index (κ2) is 8.39. The van der Waals surface area contributed by atoms with Gasteiger partial charge >= 0.3 is 12.5 Å². The molecular weight excluding hydrogens is 447 g/mol. The summed E-state index contributed by atoms with van der Waals surface area (Å²) in [5.74, 6) is -0.125. The predicted octanol–water partition coefficient (Wildman–Crippen LogP) is 5.45. The first-order valence-electron chi connectivity index (χ1n) is 10.0. The second-order valence-electron chi connectivity index (χ2n) is 9.22. The maximum Gasteiger partial charge on any atom is 0.573 e. The minimum atomic E-state index is -4.79. The van der Waals surface area contributed by atoms with Crippen LogP contribution in [0.3, 0.4) is 0 Å². The molecule has 0 spiro atoms. The van der Waals surface area contributed by atoms with Crippen LogP contribution >= 0.6 is 0 Å². The summed E-state index contributed by atoms with van der Waals surface area (Å²) in [5, 5.41) is 13.5. The molecule has 1 saturated heterocycles. The number of likely N-dealkylation sites (tertiary alicyclic amines) is 1. The standard InChI is InChI=1S/C20H26F3N3O5Si/c1-19(2,3)32(4,5)31-14-10-15(26(11-14)18(27)28)17-24-16(25-30-17)12-6-8-13(9-7-12)29-20(21,22)23/h6-9,14-15H,10-11H2,1-5H3,(H,27,28)/t14-,15+/m1/s1. The van der Waals surface area contributed by atoms with Gasteiger partial charge < -0.3 is 18.8 Å². The molecule has 2 heterocycles. The van der Waals surface area contributed by atoms with Crippen LogP contribution in [0.4, 0.5) is 18.0 Å². The van der Waals surface area contributed by atoms with E-state index < -0.39 is 26.8 Å². The quantitative estimate of drug-likeness (QED) is 0.577. The average molecular weight is 474 g/mol. The van der Waals surface area contributed by atoms with Crippen LogP contribution in [0.5, 0.6) is 5.75 Å². The van der Waals surface area contributed by atoms with Crippen molar-refractivity contribution in [1.29, 1.82) is 0 Å². The molecule has 1 N–H and O–H groups in total. The van der Waals surface area contributed by atoms with Gasteiger partial charge in [0.05, 0.1) is 6.10 Å². The molecule has 1 fully saturated rings. The van der Waals surface area contributed by atoms with Crippen molar-refractivity contribution in [1.82, 2.24) is 15.0 Å². The fraction of sp³-hybridized carbons (Fsp3) is 0.550. The van der Waals surface area contributed by atoms with Gasteiger partial charge in [0.15, 0.2) is 8.32 Å². The van der Waals surface area contributed by atoms with Crippen LogP contribution in [0.1, 0.15) is 39.1 Å². The zero-order valence-electron chi connectivity index (χ0n) is 18.4. The molecule has 32 heavy (non-hydrogen) atoms. The van der Waals surface area contributed by atoms with E-state index in [0.29, 0.717) is 12.0 Å². The van der Waals surface area contributed by atoms with E-state index in [4.69, 9.17) is 8.95 Å². The Morgan fingerprint density at radius 1 is 1.22 bits per heavy atom. The molecule has 1 aromatic heterocycles. The van der Waals surface area contributed by atoms with E-state index in [9.17, 15) is 23.1 Å². The molecule has 0 radical (unpaired) electrons. The maximum absolute atomic E-state index is 12.3. The van der Waals surface area contributed by atoms with Crippen molar-refractivity contribution in [2.24, 2.45) is 0 Å². The largest absolute Gasteiger partial charge is 0.573 e. The van der Waals surface area contributed by atoms with E-state index >= 15 is 0 Å². The van der Waals surface area contributed by atoms with Crippen molar-refractivity contribution in [3.05, 3.63) is 30.2 Å². The van der Waals surface area contributed by atoms with Crippen molar-refractivity contribution in [2.45, 2.75) is 63.8 Å². The zero-order chi connectivity index (χ0) is 23.9. The van der Waals surface area contributed by atoms with Gasteiger partial charge in [-0.15, -0.1) is 13.2 Å². The van der Waals surface area contributed by atoms with Crippen molar-refractivity contribution in [3.8, 4) is 17.1 Å². The summed E-state index contributed by atoms with van der Waals surface area (Å²) >= 11 is 0. The summed E-state index contributed by atoms with van der Waals surface area (Å²) < 4.78 is 52.5. The van der Waals surface area contributed by atoms with E-state index in [2.05, 4.69) is 48.7 Å². The van der Waals surface area contributed by atoms with Crippen LogP contribution in [-0.2, 0) is 4.43 Å². The molecule has 0 aliphatic carbocycles. The van der Waals surface area contributed by atoms with Crippen molar-refractivity contribution in [2.75, 3.05) is 6.54 Å². The zero-order valence-corrected chi connectivity index (χ0v) is 19.4. The van der Waals surface area contributed by atoms with Crippen molar-refractivity contribution in [3.63, 3.8) is 0 Å². The summed E-state index contributed by atoms with van der Waals surface area (Å²) in [5.41, 5.74) is 0.406. The SMILES string of the molecule is CC(C)(C)[Si](C)(C)O[C@@H]1C[C@@H](c2nc(-c3ccc(OC(F)(F)F)cc3)no2)N(C(=O)O)C1. The average Bonchev–Trinajstić information content (AvgIpc) is 3.26. The highest BCUT2D eigenvalue weighted by Crippen LogP contribution is 2.41. The van der Waals surface area contributed by atoms with E-state index in [1.807, 2.05) is 0 Å². The highest BCUT2D eigenvalue weighted by molar-refractivity contribution is 6.74. The summed E-state index contributed by atoms with van der Waals surface area (Å²) in [6, 6.07) is 4.34.